The number of guanidine groups is 1. The first-order chi connectivity index (χ1) is 20.8. The molecule has 0 radical (unpaired) electrons. The Hall–Kier alpha value is -2.37. The third-order valence-corrected chi connectivity index (χ3v) is 8.10. The lowest BCUT2D eigenvalue weighted by Crippen LogP contribution is -2.50. The number of unbranched alkanes of at least 4 members (excludes halogenated alkanes) is 1. The van der Waals surface area contributed by atoms with Crippen molar-refractivity contribution >= 4 is 35.1 Å². The van der Waals surface area contributed by atoms with Gasteiger partial charge in [0.25, 0.3) is 5.91 Å². The van der Waals surface area contributed by atoms with Gasteiger partial charge in [0.2, 0.25) is 0 Å². The first-order valence-electron chi connectivity index (χ1n) is 15.3. The highest BCUT2D eigenvalue weighted by molar-refractivity contribution is 6.31. The summed E-state index contributed by atoms with van der Waals surface area (Å²) in [6, 6.07) is 0. The number of nitrogens with zero attached hydrogens (tertiary/aromatic N) is 5. The Kier molecular flexibility index (Phi) is 12.0. The summed E-state index contributed by atoms with van der Waals surface area (Å²) >= 11 is 5.83. The van der Waals surface area contributed by atoms with E-state index in [4.69, 9.17) is 47.4 Å². The van der Waals surface area contributed by atoms with Crippen molar-refractivity contribution in [3.05, 3.63) is 10.8 Å². The van der Waals surface area contributed by atoms with Gasteiger partial charge in [-0.1, -0.05) is 11.6 Å². The lowest BCUT2D eigenvalue weighted by atomic mass is 10.2. The minimum atomic E-state index is -0.676. The van der Waals surface area contributed by atoms with Crippen LogP contribution in [0.2, 0.25) is 5.15 Å². The molecule has 44 heavy (non-hydrogen) atoms. The maximum atomic E-state index is 12.3. The molecule has 1 aromatic heterocycles. The van der Waals surface area contributed by atoms with Gasteiger partial charge in [-0.2, -0.15) is 0 Å². The molecule has 0 saturated carbocycles. The van der Waals surface area contributed by atoms with Crippen LogP contribution in [0.4, 0.5) is 11.6 Å². The molecular formula is C28H49ClN10O5. The van der Waals surface area contributed by atoms with Crippen LogP contribution >= 0.6 is 11.6 Å². The van der Waals surface area contributed by atoms with Gasteiger partial charge >= 0.3 is 0 Å². The van der Waals surface area contributed by atoms with Crippen molar-refractivity contribution in [1.29, 1.82) is 5.41 Å². The van der Waals surface area contributed by atoms with E-state index in [1.54, 1.807) is 0 Å². The summed E-state index contributed by atoms with van der Waals surface area (Å²) in [5, 5.41) is 13.2. The van der Waals surface area contributed by atoms with Crippen LogP contribution in [-0.4, -0.2) is 139 Å². The molecule has 0 aromatic carbocycles. The number of nitrogens with two attached hydrogens (primary N) is 2. The minimum absolute atomic E-state index is 0.0441. The molecule has 16 heteroatoms. The van der Waals surface area contributed by atoms with Crippen molar-refractivity contribution < 1.29 is 23.7 Å². The fourth-order valence-corrected chi connectivity index (χ4v) is 5.68. The molecule has 1 amide bonds. The highest BCUT2D eigenvalue weighted by Gasteiger charge is 2.37. The molecule has 2 atom stereocenters. The van der Waals surface area contributed by atoms with Crippen LogP contribution in [0.15, 0.2) is 0 Å². The van der Waals surface area contributed by atoms with Crippen LogP contribution in [0.1, 0.15) is 51.0 Å². The fraction of sp³-hybridized carbons (Fsp3) is 0.786. The number of hydrogen-bond donors (Lipinski definition) is 5. The molecule has 3 saturated heterocycles. The minimum Gasteiger partial charge on any atom is -0.382 e. The summed E-state index contributed by atoms with van der Waals surface area (Å²) in [5.41, 5.74) is 11.1. The maximum absolute atomic E-state index is 12.3. The molecular weight excluding hydrogens is 592 g/mol. The molecule has 3 aliphatic rings. The van der Waals surface area contributed by atoms with Crippen molar-refractivity contribution in [1.82, 2.24) is 35.3 Å². The Morgan fingerprint density at radius 2 is 1.52 bits per heavy atom. The number of piperazine rings is 1. The van der Waals surface area contributed by atoms with Crippen molar-refractivity contribution in [3.63, 3.8) is 0 Å². The standard InChI is InChI=1S/C28H49ClN10O5/c1-27(2)41-17-19(43-27)15-39(16-20-18-42-28(3,4)44-20)14-13-38-11-9-37(10-12-38)8-6-5-7-33-26(32)36-25(40)21-23(30)35-24(31)22(29)34-21/h19-20H,5-18H2,1-4H3,(H4,30,31,35)(H3,32,33,36,40)/t19-,20-/m0/s1. The molecule has 15 nitrogen and oxygen atoms in total. The average Bonchev–Trinajstić information content (AvgIpc) is 3.48. The number of carbonyl (C=O) groups excluding carboxylic acids is 1. The number of ether oxygens (including phenoxy) is 4. The monoisotopic (exact) mass is 640 g/mol. The summed E-state index contributed by atoms with van der Waals surface area (Å²) in [7, 11) is 0. The first kappa shape index (κ1) is 34.5. The van der Waals surface area contributed by atoms with Crippen molar-refractivity contribution in [2.45, 2.75) is 64.3 Å². The van der Waals surface area contributed by atoms with Crippen LogP contribution in [0.25, 0.3) is 0 Å². The number of halogens is 1. The van der Waals surface area contributed by atoms with Crippen LogP contribution in [0.5, 0.6) is 0 Å². The quantitative estimate of drug-likeness (QED) is 0.114. The fourth-order valence-electron chi connectivity index (χ4n) is 5.56. The molecule has 0 spiro atoms. The molecule has 0 unspecified atom stereocenters. The predicted molar refractivity (Wildman–Crippen MR) is 167 cm³/mol. The van der Waals surface area contributed by atoms with E-state index in [0.29, 0.717) is 19.8 Å². The van der Waals surface area contributed by atoms with Crippen LogP contribution in [0.3, 0.4) is 0 Å². The lowest BCUT2D eigenvalue weighted by molar-refractivity contribution is -0.145. The Balaban J connectivity index is 1.10. The van der Waals surface area contributed by atoms with Crippen molar-refractivity contribution in [2.24, 2.45) is 0 Å². The molecule has 0 aliphatic carbocycles. The molecule has 3 fully saturated rings. The van der Waals surface area contributed by atoms with Gasteiger partial charge in [-0.05, 0) is 47.1 Å². The summed E-state index contributed by atoms with van der Waals surface area (Å²) < 4.78 is 23.8. The van der Waals surface area contributed by atoms with Gasteiger partial charge in [0.05, 0.1) is 25.4 Å². The van der Waals surface area contributed by atoms with Gasteiger partial charge in [-0.15, -0.1) is 0 Å². The molecule has 0 bridgehead atoms. The SMILES string of the molecule is CC1(C)OC[C@H](CN(CCN2CCN(CCCCNC(=N)NC(=O)c3nc(Cl)c(N)nc3N)CC2)C[C@H]2COC(C)(C)O2)O1. The predicted octanol–water partition coefficient (Wildman–Crippen LogP) is 0.551. The van der Waals surface area contributed by atoms with Gasteiger partial charge in [-0.3, -0.25) is 25.3 Å². The van der Waals surface area contributed by atoms with Crippen molar-refractivity contribution in [2.75, 3.05) is 90.1 Å². The molecule has 4 rings (SSSR count). The second-order valence-corrected chi connectivity index (χ2v) is 12.8. The number of nitrogen functional groups attached to an aromatic ring is 2. The van der Waals surface area contributed by atoms with E-state index in [0.717, 1.165) is 71.7 Å². The second-order valence-electron chi connectivity index (χ2n) is 12.4. The Bertz CT molecular complexity index is 1110. The number of aromatic nitrogens is 2. The van der Waals surface area contributed by atoms with E-state index < -0.39 is 17.5 Å². The largest absolute Gasteiger partial charge is 0.382 e. The van der Waals surface area contributed by atoms with E-state index in [1.165, 1.54) is 0 Å². The van der Waals surface area contributed by atoms with Crippen LogP contribution in [0, 0.1) is 5.41 Å². The Morgan fingerprint density at radius 1 is 0.955 bits per heavy atom. The number of hydrogen-bond acceptors (Lipinski definition) is 13. The van der Waals surface area contributed by atoms with Gasteiger partial charge in [0, 0.05) is 58.9 Å². The summed E-state index contributed by atoms with van der Waals surface area (Å²) in [5.74, 6) is -2.09. The molecule has 4 heterocycles. The smallest absolute Gasteiger partial charge is 0.280 e. The third-order valence-electron chi connectivity index (χ3n) is 7.82. The summed E-state index contributed by atoms with van der Waals surface area (Å²) in [6.07, 6.45) is 1.93. The Labute approximate surface area is 264 Å². The van der Waals surface area contributed by atoms with Crippen molar-refractivity contribution in [3.8, 4) is 0 Å². The average molecular weight is 641 g/mol. The van der Waals surface area contributed by atoms with E-state index in [1.807, 2.05) is 27.7 Å². The lowest BCUT2D eigenvalue weighted by Gasteiger charge is -2.36. The van der Waals surface area contributed by atoms with E-state index in [-0.39, 0.29) is 40.7 Å². The van der Waals surface area contributed by atoms with Gasteiger partial charge in [-0.25, -0.2) is 9.97 Å². The van der Waals surface area contributed by atoms with Gasteiger partial charge in [0.15, 0.2) is 40.0 Å². The molecule has 248 valence electrons. The molecule has 3 aliphatic heterocycles. The highest BCUT2D eigenvalue weighted by Crippen LogP contribution is 2.25. The number of amides is 1. The maximum Gasteiger partial charge on any atom is 0.280 e. The number of carbonyl (C=O) groups is 1. The molecule has 1 aromatic rings. The number of rotatable bonds is 13. The van der Waals surface area contributed by atoms with E-state index in [2.05, 4.69) is 35.3 Å². The zero-order valence-corrected chi connectivity index (χ0v) is 27.1. The summed E-state index contributed by atoms with van der Waals surface area (Å²) in [4.78, 5) is 27.4. The van der Waals surface area contributed by atoms with Gasteiger partial charge in [0.1, 0.15) is 0 Å². The second kappa shape index (κ2) is 15.3. The highest BCUT2D eigenvalue weighted by atomic mass is 35.5. The zero-order valence-electron chi connectivity index (χ0n) is 26.4. The summed E-state index contributed by atoms with van der Waals surface area (Å²) in [6.45, 7) is 18.2. The number of nitrogens with one attached hydrogen (secondary N) is 3. The number of anilines is 2. The van der Waals surface area contributed by atoms with Crippen LogP contribution < -0.4 is 22.1 Å². The Morgan fingerprint density at radius 3 is 2.07 bits per heavy atom. The molecule has 7 N–H and O–H groups in total. The van der Waals surface area contributed by atoms with E-state index >= 15 is 0 Å². The zero-order chi connectivity index (χ0) is 31.9. The van der Waals surface area contributed by atoms with Gasteiger partial charge < -0.3 is 40.6 Å². The van der Waals surface area contributed by atoms with Crippen LogP contribution in [-0.2, 0) is 18.9 Å². The van der Waals surface area contributed by atoms with E-state index in [9.17, 15) is 4.79 Å². The topological polar surface area (TPSA) is 189 Å². The normalized spacial score (nSPS) is 23.7. The third kappa shape index (κ3) is 10.6. The first-order valence-corrected chi connectivity index (χ1v) is 15.7.